The van der Waals surface area contributed by atoms with E-state index in [2.05, 4.69) is 41.4 Å². The highest BCUT2D eigenvalue weighted by Gasteiger charge is 2.26. The summed E-state index contributed by atoms with van der Waals surface area (Å²) in [6, 6.07) is 9.55. The highest BCUT2D eigenvalue weighted by atomic mass is 15.2. The Balaban J connectivity index is 1.77. The van der Waals surface area contributed by atoms with Crippen molar-refractivity contribution >= 4 is 5.69 Å². The average Bonchev–Trinajstić information content (AvgIpc) is 2.95. The predicted molar refractivity (Wildman–Crippen MR) is 81.6 cm³/mol. The minimum atomic E-state index is 0.557. The maximum Gasteiger partial charge on any atom is 0.0414 e. The first kappa shape index (κ1) is 13.0. The number of hydrogen-bond donors (Lipinski definition) is 1. The van der Waals surface area contributed by atoms with Gasteiger partial charge in [0.1, 0.15) is 0 Å². The van der Waals surface area contributed by atoms with Crippen molar-refractivity contribution in [1.82, 2.24) is 5.32 Å². The van der Waals surface area contributed by atoms with Crippen LogP contribution in [0.15, 0.2) is 24.3 Å². The number of fused-ring (bicyclic) bond motifs is 1. The number of hydrogen-bond acceptors (Lipinski definition) is 2. The molecule has 1 aromatic rings. The van der Waals surface area contributed by atoms with E-state index < -0.39 is 0 Å². The van der Waals surface area contributed by atoms with Crippen LogP contribution >= 0.6 is 0 Å². The van der Waals surface area contributed by atoms with E-state index in [1.165, 1.54) is 56.4 Å². The molecule has 3 rings (SSSR count). The third kappa shape index (κ3) is 2.79. The molecule has 1 fully saturated rings. The number of benzene rings is 1. The van der Waals surface area contributed by atoms with Gasteiger partial charge in [-0.1, -0.05) is 38.0 Å². The summed E-state index contributed by atoms with van der Waals surface area (Å²) < 4.78 is 0. The first-order chi connectivity index (χ1) is 9.38. The Labute approximate surface area is 117 Å². The van der Waals surface area contributed by atoms with Crippen molar-refractivity contribution in [3.63, 3.8) is 0 Å². The monoisotopic (exact) mass is 258 g/mol. The summed E-state index contributed by atoms with van der Waals surface area (Å²) in [7, 11) is 0. The molecule has 0 aromatic heterocycles. The van der Waals surface area contributed by atoms with Crippen molar-refractivity contribution in [2.24, 2.45) is 5.92 Å². The molecular formula is C17H26N2. The van der Waals surface area contributed by atoms with Crippen LogP contribution in [-0.4, -0.2) is 19.6 Å². The molecule has 2 nitrogen and oxygen atoms in total. The van der Waals surface area contributed by atoms with Gasteiger partial charge in [0, 0.05) is 24.8 Å². The third-order valence-corrected chi connectivity index (χ3v) is 4.74. The van der Waals surface area contributed by atoms with Crippen LogP contribution in [0.4, 0.5) is 5.69 Å². The molecule has 1 aliphatic carbocycles. The lowest BCUT2D eigenvalue weighted by Crippen LogP contribution is -2.38. The number of para-hydroxylation sites is 1. The van der Waals surface area contributed by atoms with E-state index in [1.54, 1.807) is 0 Å². The van der Waals surface area contributed by atoms with Gasteiger partial charge in [0.15, 0.2) is 0 Å². The molecule has 1 heterocycles. The molecule has 1 atom stereocenters. The molecule has 1 N–H and O–H groups in total. The van der Waals surface area contributed by atoms with Crippen molar-refractivity contribution < 1.29 is 0 Å². The molecule has 19 heavy (non-hydrogen) atoms. The molecular weight excluding hydrogens is 232 g/mol. The van der Waals surface area contributed by atoms with Crippen molar-refractivity contribution in [2.45, 2.75) is 45.1 Å². The minimum Gasteiger partial charge on any atom is -0.371 e. The summed E-state index contributed by atoms with van der Waals surface area (Å²) in [6.45, 7) is 5.75. The lowest BCUT2D eigenvalue weighted by atomic mass is 9.95. The van der Waals surface area contributed by atoms with Crippen molar-refractivity contribution in [3.05, 3.63) is 29.8 Å². The zero-order chi connectivity index (χ0) is 13.1. The molecule has 104 valence electrons. The standard InChI is InChI=1S/C17H26N2/c1-2-18-16-11-12-19(13-14-7-3-4-8-14)17-10-6-5-9-15(16)17/h5-6,9-10,14,16,18H,2-4,7-8,11-13H2,1H3. The Kier molecular flexibility index (Phi) is 4.07. The smallest absolute Gasteiger partial charge is 0.0414 e. The SMILES string of the molecule is CCNC1CCN(CC2CCCC2)c2ccccc21. The molecule has 1 aromatic carbocycles. The van der Waals surface area contributed by atoms with Gasteiger partial charge in [-0.2, -0.15) is 0 Å². The molecule has 1 unspecified atom stereocenters. The van der Waals surface area contributed by atoms with Gasteiger partial charge in [0.25, 0.3) is 0 Å². The van der Waals surface area contributed by atoms with Crippen molar-refractivity contribution in [2.75, 3.05) is 24.5 Å². The van der Waals surface area contributed by atoms with Gasteiger partial charge in [-0.15, -0.1) is 0 Å². The average molecular weight is 258 g/mol. The fraction of sp³-hybridized carbons (Fsp3) is 0.647. The fourth-order valence-electron chi connectivity index (χ4n) is 3.78. The molecule has 2 aliphatic rings. The highest BCUT2D eigenvalue weighted by Crippen LogP contribution is 2.35. The van der Waals surface area contributed by atoms with E-state index in [0.29, 0.717) is 6.04 Å². The van der Waals surface area contributed by atoms with Gasteiger partial charge in [-0.25, -0.2) is 0 Å². The van der Waals surface area contributed by atoms with E-state index >= 15 is 0 Å². The Hall–Kier alpha value is -1.02. The van der Waals surface area contributed by atoms with Crippen LogP contribution in [0, 0.1) is 5.92 Å². The van der Waals surface area contributed by atoms with Crippen LogP contribution in [0.2, 0.25) is 0 Å². The third-order valence-electron chi connectivity index (χ3n) is 4.74. The Morgan fingerprint density at radius 1 is 1.16 bits per heavy atom. The van der Waals surface area contributed by atoms with Crippen LogP contribution in [-0.2, 0) is 0 Å². The van der Waals surface area contributed by atoms with Crippen LogP contribution in [0.3, 0.4) is 0 Å². The minimum absolute atomic E-state index is 0.557. The normalized spacial score (nSPS) is 23.6. The topological polar surface area (TPSA) is 15.3 Å². The molecule has 0 amide bonds. The fourth-order valence-corrected chi connectivity index (χ4v) is 3.78. The summed E-state index contributed by atoms with van der Waals surface area (Å²) in [5, 5.41) is 3.63. The lowest BCUT2D eigenvalue weighted by Gasteiger charge is -2.37. The molecule has 0 saturated heterocycles. The second kappa shape index (κ2) is 5.96. The number of nitrogens with zero attached hydrogens (tertiary/aromatic N) is 1. The van der Waals surface area contributed by atoms with Gasteiger partial charge in [-0.3, -0.25) is 0 Å². The van der Waals surface area contributed by atoms with Gasteiger partial charge in [-0.05, 0) is 43.4 Å². The van der Waals surface area contributed by atoms with E-state index in [1.807, 2.05) is 0 Å². The number of nitrogens with one attached hydrogen (secondary N) is 1. The van der Waals surface area contributed by atoms with Gasteiger partial charge < -0.3 is 10.2 Å². The number of anilines is 1. The predicted octanol–water partition coefficient (Wildman–Crippen LogP) is 3.74. The van der Waals surface area contributed by atoms with Gasteiger partial charge >= 0.3 is 0 Å². The van der Waals surface area contributed by atoms with Crippen LogP contribution in [0.1, 0.15) is 50.6 Å². The van der Waals surface area contributed by atoms with Crippen LogP contribution in [0.5, 0.6) is 0 Å². The van der Waals surface area contributed by atoms with Crippen molar-refractivity contribution in [3.8, 4) is 0 Å². The van der Waals surface area contributed by atoms with E-state index in [9.17, 15) is 0 Å². The first-order valence-electron chi connectivity index (χ1n) is 7.95. The Bertz CT molecular complexity index is 409. The van der Waals surface area contributed by atoms with E-state index in [0.717, 1.165) is 12.5 Å². The second-order valence-corrected chi connectivity index (χ2v) is 6.05. The maximum absolute atomic E-state index is 3.63. The quantitative estimate of drug-likeness (QED) is 0.885. The molecule has 2 heteroatoms. The Morgan fingerprint density at radius 2 is 1.95 bits per heavy atom. The van der Waals surface area contributed by atoms with E-state index in [4.69, 9.17) is 0 Å². The van der Waals surface area contributed by atoms with Gasteiger partial charge in [0.2, 0.25) is 0 Å². The summed E-state index contributed by atoms with van der Waals surface area (Å²) in [5.41, 5.74) is 2.99. The summed E-state index contributed by atoms with van der Waals surface area (Å²) in [5.74, 6) is 0.934. The summed E-state index contributed by atoms with van der Waals surface area (Å²) in [6.07, 6.45) is 7.02. The first-order valence-corrected chi connectivity index (χ1v) is 7.95. The molecule has 0 radical (unpaired) electrons. The maximum atomic E-state index is 3.63. The zero-order valence-electron chi connectivity index (χ0n) is 12.1. The highest BCUT2D eigenvalue weighted by molar-refractivity contribution is 5.57. The number of rotatable bonds is 4. The van der Waals surface area contributed by atoms with Crippen molar-refractivity contribution in [1.29, 1.82) is 0 Å². The Morgan fingerprint density at radius 3 is 2.74 bits per heavy atom. The second-order valence-electron chi connectivity index (χ2n) is 6.05. The molecule has 0 spiro atoms. The van der Waals surface area contributed by atoms with Crippen LogP contribution < -0.4 is 10.2 Å². The summed E-state index contributed by atoms with van der Waals surface area (Å²) >= 11 is 0. The molecule has 0 bridgehead atoms. The zero-order valence-corrected chi connectivity index (χ0v) is 12.1. The van der Waals surface area contributed by atoms with E-state index in [-0.39, 0.29) is 0 Å². The summed E-state index contributed by atoms with van der Waals surface area (Å²) in [4.78, 5) is 2.64. The molecule has 1 saturated carbocycles. The lowest BCUT2D eigenvalue weighted by molar-refractivity contribution is 0.461. The largest absolute Gasteiger partial charge is 0.371 e. The molecule has 1 aliphatic heterocycles. The van der Waals surface area contributed by atoms with Gasteiger partial charge in [0.05, 0.1) is 0 Å². The van der Waals surface area contributed by atoms with Crippen LogP contribution in [0.25, 0.3) is 0 Å².